The smallest absolute Gasteiger partial charge is 0.343 e. The van der Waals surface area contributed by atoms with Gasteiger partial charge in [-0.25, -0.2) is 19.2 Å². The van der Waals surface area contributed by atoms with Crippen LogP contribution in [-0.4, -0.2) is 205 Å². The van der Waals surface area contributed by atoms with Crippen molar-refractivity contribution in [3.63, 3.8) is 0 Å². The first-order chi connectivity index (χ1) is 51.1. The van der Waals surface area contributed by atoms with Crippen LogP contribution in [0.1, 0.15) is 82.6 Å². The Balaban J connectivity index is 1.19. The highest BCUT2D eigenvalue weighted by Gasteiger charge is 2.77. The predicted molar refractivity (Wildman–Crippen MR) is 360 cm³/mol. The molecule has 106 heavy (non-hydrogen) atoms. The number of hydrogen-bond acceptors (Lipinski definition) is 32. The first-order valence-electron chi connectivity index (χ1n) is 32.4. The van der Waals surface area contributed by atoms with Crippen molar-refractivity contribution in [2.24, 2.45) is 5.92 Å². The van der Waals surface area contributed by atoms with Gasteiger partial charge < -0.3 is 118 Å². The fourth-order valence-electron chi connectivity index (χ4n) is 15.6. The number of methoxy groups -OCH3 is 17. The summed E-state index contributed by atoms with van der Waals surface area (Å²) in [5.74, 6) is -16.2. The third-order valence-electron chi connectivity index (χ3n) is 19.7. The van der Waals surface area contributed by atoms with Crippen LogP contribution in [0, 0.1) is 5.92 Å². The van der Waals surface area contributed by atoms with Gasteiger partial charge >= 0.3 is 35.8 Å². The zero-order valence-corrected chi connectivity index (χ0v) is 60.6. The third kappa shape index (κ3) is 10.4. The number of carbonyl (C=O) groups excluding carboxylic acids is 7. The molecule has 6 aromatic rings. The number of rotatable bonds is 19. The van der Waals surface area contributed by atoms with Crippen molar-refractivity contribution >= 4 is 47.2 Å². The average Bonchev–Trinajstić information content (AvgIpc) is 1.49. The summed E-state index contributed by atoms with van der Waals surface area (Å²) in [5.41, 5.74) is -6.57. The number of benzene rings is 6. The van der Waals surface area contributed by atoms with E-state index in [1.807, 2.05) is 0 Å². The van der Waals surface area contributed by atoms with E-state index in [1.165, 1.54) is 151 Å². The quantitative estimate of drug-likeness (QED) is 0.0427. The Bertz CT molecular complexity index is 4760. The number of Topliss-reactive ketones (excluding diaryl/α,β-unsaturated/α-hetero) is 1. The molecule has 560 valence electrons. The predicted octanol–water partition coefficient (Wildman–Crippen LogP) is 7.64. The molecule has 8 aliphatic rings. The zero-order valence-electron chi connectivity index (χ0n) is 60.6. The van der Waals surface area contributed by atoms with Gasteiger partial charge in [-0.1, -0.05) is 0 Å². The van der Waals surface area contributed by atoms with E-state index in [0.29, 0.717) is 0 Å². The van der Waals surface area contributed by atoms with Gasteiger partial charge in [-0.3, -0.25) is 14.4 Å². The van der Waals surface area contributed by atoms with Gasteiger partial charge in [0.2, 0.25) is 40.1 Å². The largest absolute Gasteiger partial charge is 0.496 e. The monoisotopic (exact) mass is 1470 g/mol. The second-order valence-corrected chi connectivity index (χ2v) is 24.4. The Morgan fingerprint density at radius 2 is 0.925 bits per heavy atom. The van der Waals surface area contributed by atoms with E-state index < -0.39 is 158 Å². The van der Waals surface area contributed by atoms with E-state index in [4.69, 9.17) is 118 Å². The van der Waals surface area contributed by atoms with Gasteiger partial charge in [0.15, 0.2) is 93.8 Å². The molecule has 2 unspecified atom stereocenters. The summed E-state index contributed by atoms with van der Waals surface area (Å²) in [6, 6.07) is 8.21. The number of hydrogen-bond donors (Lipinski definition) is 0. The van der Waals surface area contributed by atoms with E-state index in [0.717, 1.165) is 7.11 Å². The summed E-state index contributed by atoms with van der Waals surface area (Å²) in [5, 5.41) is 0. The number of carbonyl (C=O) groups is 7. The van der Waals surface area contributed by atoms with Crippen LogP contribution in [0.4, 0.5) is 0 Å². The van der Waals surface area contributed by atoms with Gasteiger partial charge in [0.25, 0.3) is 0 Å². The number of cyclic esters (lactones) is 1. The normalized spacial score (nSPS) is 21.9. The third-order valence-corrected chi connectivity index (χ3v) is 19.7. The van der Waals surface area contributed by atoms with Crippen LogP contribution in [0.2, 0.25) is 0 Å². The number of esters is 6. The molecule has 0 aromatic heterocycles. The van der Waals surface area contributed by atoms with E-state index >= 15 is 28.8 Å². The SMILES string of the molecule is COC1=C2c3c(OC)c(OC)c(OC)c4c3C(=O)O[C@H]([C@H]3OC(=O)C2C2(Oc5cc(OC)c6c(c5[C@H]32)O[C@H](c2cc(OC)c(OC)c(OC(C)=O)c2)[C@@H](OC)C6)C1=O)[C@@H]1OC(=O)c2c(cc(OC)c(OC)c2OC)-c2c(cc(OC)c(OC)c2OC)C(=O)OC[C@H]1OC(=O)c1cc(OC)c(OC)c(OC)c1-4. The van der Waals surface area contributed by atoms with E-state index in [9.17, 15) is 4.79 Å². The van der Waals surface area contributed by atoms with E-state index in [2.05, 4.69) is 0 Å². The Morgan fingerprint density at radius 1 is 0.425 bits per heavy atom. The maximum atomic E-state index is 17.2. The van der Waals surface area contributed by atoms with Crippen molar-refractivity contribution in [2.45, 2.75) is 61.5 Å². The van der Waals surface area contributed by atoms with Crippen molar-refractivity contribution in [1.82, 2.24) is 0 Å². The molecule has 1 aliphatic carbocycles. The first kappa shape index (κ1) is 72.3. The van der Waals surface area contributed by atoms with Crippen molar-refractivity contribution in [1.29, 1.82) is 0 Å². The lowest BCUT2D eigenvalue weighted by Crippen LogP contribution is -2.65. The highest BCUT2D eigenvalue weighted by atomic mass is 16.7. The highest BCUT2D eigenvalue weighted by molar-refractivity contribution is 6.23. The summed E-state index contributed by atoms with van der Waals surface area (Å²) in [6.07, 6.45) is -11.7. The van der Waals surface area contributed by atoms with Crippen molar-refractivity contribution in [3.8, 4) is 126 Å². The molecule has 0 saturated carbocycles. The Hall–Kier alpha value is -12.1. The molecule has 0 N–H and O–H groups in total. The van der Waals surface area contributed by atoms with Crippen LogP contribution in [0.5, 0.6) is 103 Å². The number of fused-ring (bicyclic) bond motifs is 10. The summed E-state index contributed by atoms with van der Waals surface area (Å²) in [6.45, 7) is 0.0200. The van der Waals surface area contributed by atoms with Crippen LogP contribution < -0.4 is 85.3 Å². The molecule has 1 saturated heterocycles. The lowest BCUT2D eigenvalue weighted by atomic mass is 9.66. The minimum absolute atomic E-state index is 0.0434. The van der Waals surface area contributed by atoms with Gasteiger partial charge in [0.1, 0.15) is 41.4 Å². The van der Waals surface area contributed by atoms with Crippen molar-refractivity contribution in [2.75, 3.05) is 127 Å². The van der Waals surface area contributed by atoms with Gasteiger partial charge in [-0.15, -0.1) is 0 Å². The molecule has 0 amide bonds. The molecule has 6 aromatic carbocycles. The van der Waals surface area contributed by atoms with E-state index in [-0.39, 0.29) is 132 Å². The minimum Gasteiger partial charge on any atom is -0.496 e. The Labute approximate surface area is 604 Å². The summed E-state index contributed by atoms with van der Waals surface area (Å²) < 4.78 is 157. The minimum atomic E-state index is -2.71. The molecule has 0 radical (unpaired) electrons. The van der Waals surface area contributed by atoms with Crippen molar-refractivity contribution < 1.29 is 152 Å². The topological polar surface area (TPSA) is 350 Å². The maximum absolute atomic E-state index is 17.2. The summed E-state index contributed by atoms with van der Waals surface area (Å²) in [4.78, 5) is 113. The number of ether oxygens (including phenoxy) is 25. The molecule has 14 rings (SSSR count). The highest BCUT2D eigenvalue weighted by Crippen LogP contribution is 2.69. The Morgan fingerprint density at radius 3 is 1.47 bits per heavy atom. The van der Waals surface area contributed by atoms with Gasteiger partial charge in [0.05, 0.1) is 136 Å². The van der Waals surface area contributed by atoms with Crippen LogP contribution in [0.15, 0.2) is 42.2 Å². The van der Waals surface area contributed by atoms with Crippen LogP contribution >= 0.6 is 0 Å². The van der Waals surface area contributed by atoms with Crippen LogP contribution in [0.25, 0.3) is 27.8 Å². The molecule has 9 atom stereocenters. The standard InChI is InChI=1S/C74H72O32/c1-27(75)100-40-20-28(19-35(83-3)54(40)88-8)52-36(84-4)21-29-33(82-2)25-34-45(53(29)102-52)50-65-67-58-41(26-99-69(77)31-23-38(86-6)55(89-9)59(92-12)42(31)30-22-37(85-5)57(91-11)61(94-14)44(30)71(79)103-58)101-70(78)32-24-39(87-7)56(90-10)60(93-13)43(32)46-48(72(80)105-67)47(63(96-16)66(98-18)62(46)95-15)49-51(73(81)104-65)74(50,106-34)68(76)64(49)97-17/h19-20,22-25,36,41,50-52,58,65,67H,21,26H2,1-18H3/t36-,41+,50+,51?,52+,58+,65-,67-,74?/m0/s1. The molecule has 1 spiro atoms. The molecule has 7 heterocycles. The maximum Gasteiger partial charge on any atom is 0.343 e. The van der Waals surface area contributed by atoms with Gasteiger partial charge in [-0.05, 0) is 30.3 Å². The Kier molecular flexibility index (Phi) is 19.0. The summed E-state index contributed by atoms with van der Waals surface area (Å²) in [7, 11) is 21.5. The molecular formula is C74H72O32. The summed E-state index contributed by atoms with van der Waals surface area (Å²) >= 11 is 0. The molecule has 7 aliphatic heterocycles. The number of ketones is 1. The fourth-order valence-corrected chi connectivity index (χ4v) is 15.6. The van der Waals surface area contributed by atoms with Crippen molar-refractivity contribution in [3.05, 3.63) is 86.7 Å². The molecule has 1 fully saturated rings. The zero-order chi connectivity index (χ0) is 76.0. The second-order valence-electron chi connectivity index (χ2n) is 24.4. The molecule has 6 bridgehead atoms. The van der Waals surface area contributed by atoms with E-state index in [1.54, 1.807) is 6.07 Å². The lowest BCUT2D eigenvalue weighted by Gasteiger charge is -2.47. The van der Waals surface area contributed by atoms with Crippen LogP contribution in [0.3, 0.4) is 0 Å². The lowest BCUT2D eigenvalue weighted by molar-refractivity contribution is -0.200. The van der Waals surface area contributed by atoms with Gasteiger partial charge in [0, 0.05) is 76.6 Å². The van der Waals surface area contributed by atoms with Crippen LogP contribution in [-0.2, 0) is 54.0 Å². The fraction of sp³-hybridized carbons (Fsp3) is 0.392. The van der Waals surface area contributed by atoms with Gasteiger partial charge in [-0.2, -0.15) is 0 Å². The first-order valence-corrected chi connectivity index (χ1v) is 32.4. The average molecular weight is 1470 g/mol. The molecule has 32 nitrogen and oxygen atoms in total. The second kappa shape index (κ2) is 27.8. The molecule has 32 heteroatoms. The molecular weight excluding hydrogens is 1400 g/mol.